The average Bonchev–Trinajstić information content (AvgIpc) is 2.47. The largest absolute Gasteiger partial charge is 0.493 e. The van der Waals surface area contributed by atoms with E-state index >= 15 is 0 Å². The van der Waals surface area contributed by atoms with Crippen LogP contribution < -0.4 is 15.2 Å². The molecule has 2 aromatic rings. The normalized spacial score (nSPS) is 11.9. The molecule has 0 heterocycles. The molecule has 0 bridgehead atoms. The van der Waals surface area contributed by atoms with Crippen molar-refractivity contribution in [3.63, 3.8) is 0 Å². The minimum atomic E-state index is -1.15. The predicted molar refractivity (Wildman–Crippen MR) is 88.3 cm³/mol. The first kappa shape index (κ1) is 15.9. The molecule has 0 aliphatic rings. The van der Waals surface area contributed by atoms with Crippen LogP contribution in [0.5, 0.6) is 11.5 Å². The van der Waals surface area contributed by atoms with Crippen molar-refractivity contribution in [2.24, 2.45) is 0 Å². The number of anilines is 1. The van der Waals surface area contributed by atoms with Crippen LogP contribution in [0.25, 0.3) is 0 Å². The SMILES string of the molecule is COc1ccccc1OCCS(=O)c1ccc(N)cc1Br. The van der Waals surface area contributed by atoms with Crippen LogP contribution in [0.3, 0.4) is 0 Å². The molecule has 0 aromatic heterocycles. The number of ether oxygens (including phenoxy) is 2. The molecule has 2 rings (SSSR count). The van der Waals surface area contributed by atoms with Crippen molar-refractivity contribution in [3.05, 3.63) is 46.9 Å². The second-order valence-corrected chi connectivity index (χ2v) is 6.63. The lowest BCUT2D eigenvalue weighted by molar-refractivity contribution is 0.312. The van der Waals surface area contributed by atoms with Crippen molar-refractivity contribution >= 4 is 32.4 Å². The summed E-state index contributed by atoms with van der Waals surface area (Å²) in [6, 6.07) is 12.6. The van der Waals surface area contributed by atoms with E-state index in [1.54, 1.807) is 25.3 Å². The van der Waals surface area contributed by atoms with Crippen molar-refractivity contribution in [3.8, 4) is 11.5 Å². The van der Waals surface area contributed by atoms with Crippen LogP contribution in [0, 0.1) is 0 Å². The molecule has 2 aromatic carbocycles. The van der Waals surface area contributed by atoms with Gasteiger partial charge in [0.15, 0.2) is 11.5 Å². The lowest BCUT2D eigenvalue weighted by Gasteiger charge is -2.10. The van der Waals surface area contributed by atoms with Crippen LogP contribution in [0.4, 0.5) is 5.69 Å². The maximum Gasteiger partial charge on any atom is 0.161 e. The first-order chi connectivity index (χ1) is 10.1. The minimum Gasteiger partial charge on any atom is -0.493 e. The summed E-state index contributed by atoms with van der Waals surface area (Å²) in [5.74, 6) is 1.70. The van der Waals surface area contributed by atoms with E-state index in [-0.39, 0.29) is 0 Å². The zero-order valence-electron chi connectivity index (χ0n) is 11.5. The molecule has 0 fully saturated rings. The summed E-state index contributed by atoms with van der Waals surface area (Å²) in [4.78, 5) is 0.716. The molecule has 21 heavy (non-hydrogen) atoms. The first-order valence-corrected chi connectivity index (χ1v) is 8.42. The van der Waals surface area contributed by atoms with Crippen LogP contribution in [0.2, 0.25) is 0 Å². The number of nitrogens with two attached hydrogens (primary N) is 1. The number of halogens is 1. The van der Waals surface area contributed by atoms with Gasteiger partial charge >= 0.3 is 0 Å². The highest BCUT2D eigenvalue weighted by atomic mass is 79.9. The Bertz CT molecular complexity index is 649. The molecule has 1 atom stereocenters. The molecule has 112 valence electrons. The van der Waals surface area contributed by atoms with E-state index in [9.17, 15) is 4.21 Å². The number of rotatable bonds is 6. The van der Waals surface area contributed by atoms with Gasteiger partial charge in [-0.1, -0.05) is 12.1 Å². The Hall–Kier alpha value is -1.53. The Balaban J connectivity index is 1.95. The minimum absolute atomic E-state index is 0.337. The van der Waals surface area contributed by atoms with Crippen molar-refractivity contribution < 1.29 is 13.7 Å². The highest BCUT2D eigenvalue weighted by Gasteiger charge is 2.10. The molecule has 0 aliphatic heterocycles. The van der Waals surface area contributed by atoms with E-state index in [4.69, 9.17) is 15.2 Å². The van der Waals surface area contributed by atoms with Gasteiger partial charge in [0.05, 0.1) is 28.6 Å². The molecule has 0 radical (unpaired) electrons. The zero-order chi connectivity index (χ0) is 15.2. The molecular formula is C15H16BrNO3S. The van der Waals surface area contributed by atoms with Gasteiger partial charge in [-0.15, -0.1) is 0 Å². The van der Waals surface area contributed by atoms with Crippen LogP contribution in [-0.2, 0) is 10.8 Å². The quantitative estimate of drug-likeness (QED) is 0.794. The van der Waals surface area contributed by atoms with Gasteiger partial charge in [-0.25, -0.2) is 0 Å². The van der Waals surface area contributed by atoms with Crippen molar-refractivity contribution in [1.82, 2.24) is 0 Å². The molecule has 0 spiro atoms. The number of nitrogen functional groups attached to an aromatic ring is 1. The third kappa shape index (κ3) is 4.22. The lowest BCUT2D eigenvalue weighted by atomic mass is 10.3. The van der Waals surface area contributed by atoms with Crippen LogP contribution in [-0.4, -0.2) is 23.7 Å². The molecule has 1 unspecified atom stereocenters. The fourth-order valence-corrected chi connectivity index (χ4v) is 3.67. The maximum atomic E-state index is 12.3. The van der Waals surface area contributed by atoms with Gasteiger partial charge in [-0.05, 0) is 46.3 Å². The number of methoxy groups -OCH3 is 1. The van der Waals surface area contributed by atoms with Gasteiger partial charge in [-0.2, -0.15) is 0 Å². The summed E-state index contributed by atoms with van der Waals surface area (Å²) in [6.07, 6.45) is 0. The molecule has 0 saturated heterocycles. The van der Waals surface area contributed by atoms with Crippen molar-refractivity contribution in [2.75, 3.05) is 25.2 Å². The van der Waals surface area contributed by atoms with E-state index < -0.39 is 10.8 Å². The van der Waals surface area contributed by atoms with E-state index in [0.29, 0.717) is 34.4 Å². The molecular weight excluding hydrogens is 354 g/mol. The van der Waals surface area contributed by atoms with Gasteiger partial charge in [0.2, 0.25) is 0 Å². The molecule has 0 amide bonds. The lowest BCUT2D eigenvalue weighted by Crippen LogP contribution is -2.09. The Kier molecular flexibility index (Phi) is 5.64. The van der Waals surface area contributed by atoms with Gasteiger partial charge in [0.1, 0.15) is 6.61 Å². The van der Waals surface area contributed by atoms with Crippen LogP contribution in [0.15, 0.2) is 51.8 Å². The van der Waals surface area contributed by atoms with E-state index in [2.05, 4.69) is 15.9 Å². The smallest absolute Gasteiger partial charge is 0.161 e. The third-order valence-electron chi connectivity index (χ3n) is 2.80. The van der Waals surface area contributed by atoms with Crippen molar-refractivity contribution in [1.29, 1.82) is 0 Å². The Morgan fingerprint density at radius 3 is 2.57 bits per heavy atom. The number of hydrogen-bond acceptors (Lipinski definition) is 4. The summed E-state index contributed by atoms with van der Waals surface area (Å²) in [7, 11) is 0.435. The van der Waals surface area contributed by atoms with Crippen LogP contribution in [0.1, 0.15) is 0 Å². The summed E-state index contributed by atoms with van der Waals surface area (Å²) >= 11 is 3.37. The van der Waals surface area contributed by atoms with Crippen LogP contribution >= 0.6 is 15.9 Å². The Labute approximate surface area is 134 Å². The Morgan fingerprint density at radius 2 is 1.90 bits per heavy atom. The molecule has 4 nitrogen and oxygen atoms in total. The van der Waals surface area contributed by atoms with E-state index in [0.717, 1.165) is 4.47 Å². The predicted octanol–water partition coefficient (Wildman–Crippen LogP) is 3.23. The molecule has 0 saturated carbocycles. The first-order valence-electron chi connectivity index (χ1n) is 6.31. The van der Waals surface area contributed by atoms with E-state index in [1.807, 2.05) is 24.3 Å². The van der Waals surface area contributed by atoms with Gasteiger partial charge in [-0.3, -0.25) is 4.21 Å². The average molecular weight is 370 g/mol. The van der Waals surface area contributed by atoms with Gasteiger partial charge in [0, 0.05) is 10.2 Å². The highest BCUT2D eigenvalue weighted by Crippen LogP contribution is 2.26. The summed E-state index contributed by atoms with van der Waals surface area (Å²) < 4.78 is 23.8. The standard InChI is InChI=1S/C15H16BrNO3S/c1-19-13-4-2-3-5-14(13)20-8-9-21(18)15-7-6-11(17)10-12(15)16/h2-7,10H,8-9,17H2,1H3. The highest BCUT2D eigenvalue weighted by molar-refractivity contribution is 9.10. The maximum absolute atomic E-state index is 12.3. The fourth-order valence-electron chi connectivity index (χ4n) is 1.78. The Morgan fingerprint density at radius 1 is 1.19 bits per heavy atom. The van der Waals surface area contributed by atoms with E-state index in [1.165, 1.54) is 0 Å². The topological polar surface area (TPSA) is 61.5 Å². The summed E-state index contributed by atoms with van der Waals surface area (Å²) in [6.45, 7) is 0.337. The zero-order valence-corrected chi connectivity index (χ0v) is 13.9. The summed E-state index contributed by atoms with van der Waals surface area (Å²) in [5, 5.41) is 0. The second kappa shape index (κ2) is 7.47. The van der Waals surface area contributed by atoms with Gasteiger partial charge in [0.25, 0.3) is 0 Å². The van der Waals surface area contributed by atoms with Crippen molar-refractivity contribution in [2.45, 2.75) is 4.90 Å². The third-order valence-corrected chi connectivity index (χ3v) is 5.10. The fraction of sp³-hybridized carbons (Fsp3) is 0.200. The second-order valence-electron chi connectivity index (χ2n) is 4.24. The number of para-hydroxylation sites is 2. The molecule has 2 N–H and O–H groups in total. The molecule has 0 aliphatic carbocycles. The monoisotopic (exact) mass is 369 g/mol. The molecule has 6 heteroatoms. The van der Waals surface area contributed by atoms with Gasteiger partial charge < -0.3 is 15.2 Å². The number of benzene rings is 2. The number of hydrogen-bond donors (Lipinski definition) is 1. The summed E-state index contributed by atoms with van der Waals surface area (Å²) in [5.41, 5.74) is 6.30.